The second-order valence-electron chi connectivity index (χ2n) is 4.05. The van der Waals surface area contributed by atoms with E-state index in [0.717, 1.165) is 17.9 Å². The van der Waals surface area contributed by atoms with Crippen molar-refractivity contribution >= 4 is 11.8 Å². The van der Waals surface area contributed by atoms with Crippen LogP contribution in [0.3, 0.4) is 0 Å². The summed E-state index contributed by atoms with van der Waals surface area (Å²) >= 11 is 1.94. The van der Waals surface area contributed by atoms with Crippen molar-refractivity contribution in [3.05, 3.63) is 23.7 Å². The van der Waals surface area contributed by atoms with Gasteiger partial charge in [0.15, 0.2) is 0 Å². The zero-order chi connectivity index (χ0) is 11.1. The molecule has 1 heterocycles. The molecule has 0 aromatic carbocycles. The molecule has 86 valence electrons. The van der Waals surface area contributed by atoms with E-state index in [2.05, 4.69) is 13.8 Å². The molecule has 15 heavy (non-hydrogen) atoms. The topological polar surface area (TPSA) is 39.2 Å². The number of hydrogen-bond donors (Lipinski definition) is 1. The number of hydrogen-bond acceptors (Lipinski definition) is 3. The van der Waals surface area contributed by atoms with Crippen LogP contribution in [0.25, 0.3) is 0 Å². The third-order valence-electron chi connectivity index (χ3n) is 2.40. The fourth-order valence-electron chi connectivity index (χ4n) is 1.39. The highest BCUT2D eigenvalue weighted by Gasteiger charge is 2.01. The molecule has 0 fully saturated rings. The van der Waals surface area contributed by atoms with E-state index >= 15 is 0 Å². The predicted octanol–water partition coefficient (Wildman–Crippen LogP) is 3.34. The Kier molecular flexibility index (Phi) is 5.88. The molecule has 1 atom stereocenters. The Bertz CT molecular complexity index is 270. The Morgan fingerprint density at radius 3 is 2.87 bits per heavy atom. The maximum atomic E-state index is 5.68. The summed E-state index contributed by atoms with van der Waals surface area (Å²) in [7, 11) is 0. The molecule has 0 aliphatic heterocycles. The second-order valence-corrected chi connectivity index (χ2v) is 5.16. The van der Waals surface area contributed by atoms with Crippen molar-refractivity contribution in [2.24, 2.45) is 5.73 Å². The first-order valence-corrected chi connectivity index (χ1v) is 6.72. The predicted molar refractivity (Wildman–Crippen MR) is 67.1 cm³/mol. The first-order valence-electron chi connectivity index (χ1n) is 5.56. The molecule has 3 heteroatoms. The first-order chi connectivity index (χ1) is 7.20. The van der Waals surface area contributed by atoms with Gasteiger partial charge in [0.1, 0.15) is 5.76 Å². The lowest BCUT2D eigenvalue weighted by atomic mass is 10.2. The van der Waals surface area contributed by atoms with E-state index in [0.29, 0.717) is 6.04 Å². The SMILES string of the molecule is Cc1ccoc1CSCCCCC(C)N. The van der Waals surface area contributed by atoms with Gasteiger partial charge in [-0.15, -0.1) is 0 Å². The van der Waals surface area contributed by atoms with E-state index in [1.165, 1.54) is 24.2 Å². The van der Waals surface area contributed by atoms with Crippen LogP contribution in [0.2, 0.25) is 0 Å². The van der Waals surface area contributed by atoms with E-state index in [1.807, 2.05) is 17.8 Å². The summed E-state index contributed by atoms with van der Waals surface area (Å²) < 4.78 is 5.37. The zero-order valence-corrected chi connectivity index (χ0v) is 10.5. The largest absolute Gasteiger partial charge is 0.468 e. The normalized spacial score (nSPS) is 13.0. The monoisotopic (exact) mass is 227 g/mol. The number of thioether (sulfide) groups is 1. The Hall–Kier alpha value is -0.410. The molecular weight excluding hydrogens is 206 g/mol. The zero-order valence-electron chi connectivity index (χ0n) is 9.66. The minimum absolute atomic E-state index is 0.349. The van der Waals surface area contributed by atoms with E-state index in [9.17, 15) is 0 Å². The summed E-state index contributed by atoms with van der Waals surface area (Å²) in [6.07, 6.45) is 5.40. The smallest absolute Gasteiger partial charge is 0.116 e. The van der Waals surface area contributed by atoms with Gasteiger partial charge in [-0.1, -0.05) is 6.42 Å². The van der Waals surface area contributed by atoms with Crippen molar-refractivity contribution in [1.29, 1.82) is 0 Å². The molecule has 0 radical (unpaired) electrons. The van der Waals surface area contributed by atoms with Gasteiger partial charge in [0.2, 0.25) is 0 Å². The molecule has 2 N–H and O–H groups in total. The Balaban J connectivity index is 2.00. The van der Waals surface area contributed by atoms with Gasteiger partial charge < -0.3 is 10.2 Å². The maximum Gasteiger partial charge on any atom is 0.116 e. The lowest BCUT2D eigenvalue weighted by Crippen LogP contribution is -2.14. The van der Waals surface area contributed by atoms with Gasteiger partial charge in [0.05, 0.1) is 12.0 Å². The second kappa shape index (κ2) is 6.96. The van der Waals surface area contributed by atoms with Crippen molar-refractivity contribution in [3.63, 3.8) is 0 Å². The van der Waals surface area contributed by atoms with Gasteiger partial charge in [0, 0.05) is 6.04 Å². The van der Waals surface area contributed by atoms with Crippen LogP contribution >= 0.6 is 11.8 Å². The fourth-order valence-corrected chi connectivity index (χ4v) is 2.42. The minimum atomic E-state index is 0.349. The van der Waals surface area contributed by atoms with E-state index in [-0.39, 0.29) is 0 Å². The third kappa shape index (κ3) is 5.28. The van der Waals surface area contributed by atoms with Crippen LogP contribution in [0.15, 0.2) is 16.7 Å². The summed E-state index contributed by atoms with van der Waals surface area (Å²) in [5, 5.41) is 0. The Morgan fingerprint density at radius 2 is 2.27 bits per heavy atom. The van der Waals surface area contributed by atoms with Crippen LogP contribution < -0.4 is 5.73 Å². The van der Waals surface area contributed by atoms with Crippen molar-refractivity contribution in [3.8, 4) is 0 Å². The van der Waals surface area contributed by atoms with Crippen molar-refractivity contribution in [2.75, 3.05) is 5.75 Å². The van der Waals surface area contributed by atoms with Gasteiger partial charge in [-0.25, -0.2) is 0 Å². The van der Waals surface area contributed by atoms with E-state index in [1.54, 1.807) is 6.26 Å². The van der Waals surface area contributed by atoms with Crippen LogP contribution in [0.4, 0.5) is 0 Å². The van der Waals surface area contributed by atoms with Crippen molar-refractivity contribution < 1.29 is 4.42 Å². The van der Waals surface area contributed by atoms with Crippen molar-refractivity contribution in [1.82, 2.24) is 0 Å². The molecular formula is C12H21NOS. The van der Waals surface area contributed by atoms with Crippen LogP contribution in [-0.2, 0) is 5.75 Å². The molecule has 0 spiro atoms. The van der Waals surface area contributed by atoms with Gasteiger partial charge in [-0.05, 0) is 44.1 Å². The fraction of sp³-hybridized carbons (Fsp3) is 0.667. The molecule has 0 saturated heterocycles. The first kappa shape index (κ1) is 12.7. The molecule has 0 bridgehead atoms. The number of nitrogens with two attached hydrogens (primary N) is 1. The molecule has 1 aromatic rings. The summed E-state index contributed by atoms with van der Waals surface area (Å²) in [6.45, 7) is 4.16. The van der Waals surface area contributed by atoms with Gasteiger partial charge >= 0.3 is 0 Å². The van der Waals surface area contributed by atoms with Gasteiger partial charge in [-0.3, -0.25) is 0 Å². The molecule has 0 aliphatic rings. The maximum absolute atomic E-state index is 5.68. The highest BCUT2D eigenvalue weighted by atomic mass is 32.2. The van der Waals surface area contributed by atoms with E-state index < -0.39 is 0 Å². The highest BCUT2D eigenvalue weighted by Crippen LogP contribution is 2.18. The third-order valence-corrected chi connectivity index (χ3v) is 3.44. The average Bonchev–Trinajstić information content (AvgIpc) is 2.57. The lowest BCUT2D eigenvalue weighted by molar-refractivity contribution is 0.527. The minimum Gasteiger partial charge on any atom is -0.468 e. The lowest BCUT2D eigenvalue weighted by Gasteiger charge is -2.04. The number of rotatable bonds is 7. The summed E-state index contributed by atoms with van der Waals surface area (Å²) in [6, 6.07) is 2.37. The number of unbranched alkanes of at least 4 members (excludes halogenated alkanes) is 1. The quantitative estimate of drug-likeness (QED) is 0.726. The van der Waals surface area contributed by atoms with Crippen LogP contribution in [-0.4, -0.2) is 11.8 Å². The Labute approximate surface area is 96.6 Å². The molecule has 0 amide bonds. The van der Waals surface area contributed by atoms with E-state index in [4.69, 9.17) is 10.2 Å². The summed E-state index contributed by atoms with van der Waals surface area (Å²) in [4.78, 5) is 0. The highest BCUT2D eigenvalue weighted by molar-refractivity contribution is 7.98. The van der Waals surface area contributed by atoms with Crippen LogP contribution in [0, 0.1) is 6.92 Å². The summed E-state index contributed by atoms with van der Waals surface area (Å²) in [5.74, 6) is 3.32. The average molecular weight is 227 g/mol. The molecule has 2 nitrogen and oxygen atoms in total. The van der Waals surface area contributed by atoms with Crippen molar-refractivity contribution in [2.45, 2.75) is 44.9 Å². The molecule has 1 aromatic heterocycles. The van der Waals surface area contributed by atoms with Gasteiger partial charge in [-0.2, -0.15) is 11.8 Å². The summed E-state index contributed by atoms with van der Waals surface area (Å²) in [5.41, 5.74) is 6.94. The Morgan fingerprint density at radius 1 is 1.47 bits per heavy atom. The number of aryl methyl sites for hydroxylation is 1. The molecule has 1 rings (SSSR count). The van der Waals surface area contributed by atoms with Crippen LogP contribution in [0.5, 0.6) is 0 Å². The number of furan rings is 1. The van der Waals surface area contributed by atoms with Crippen LogP contribution in [0.1, 0.15) is 37.5 Å². The molecule has 0 aliphatic carbocycles. The molecule has 0 saturated carbocycles. The molecule has 1 unspecified atom stereocenters. The van der Waals surface area contributed by atoms with Gasteiger partial charge in [0.25, 0.3) is 0 Å². The standard InChI is InChI=1S/C12H21NOS/c1-10-6-7-14-12(10)9-15-8-4-3-5-11(2)13/h6-7,11H,3-5,8-9,13H2,1-2H3.